The molecule has 0 bridgehead atoms. The molecule has 0 aromatic heterocycles. The molecule has 0 spiro atoms. The molecule has 122 valence electrons. The zero-order valence-corrected chi connectivity index (χ0v) is 13.9. The van der Waals surface area contributed by atoms with E-state index in [1.165, 1.54) is 0 Å². The third-order valence-corrected chi connectivity index (χ3v) is 3.85. The molecule has 1 N–H and O–H groups in total. The molecule has 0 radical (unpaired) electrons. The van der Waals surface area contributed by atoms with Gasteiger partial charge in [-0.15, -0.1) is 0 Å². The molecular weight excluding hydrogens is 280 g/mol. The monoisotopic (exact) mass is 306 g/mol. The fourth-order valence-corrected chi connectivity index (χ4v) is 2.66. The van der Waals surface area contributed by atoms with E-state index in [0.717, 1.165) is 43.1 Å². The van der Waals surface area contributed by atoms with Crippen LogP contribution in [0.15, 0.2) is 18.2 Å². The van der Waals surface area contributed by atoms with Crippen LogP contribution in [0.1, 0.15) is 33.6 Å². The van der Waals surface area contributed by atoms with Gasteiger partial charge in [0.1, 0.15) is 11.5 Å². The van der Waals surface area contributed by atoms with Gasteiger partial charge in [-0.3, -0.25) is 4.79 Å². The zero-order valence-electron chi connectivity index (χ0n) is 13.9. The summed E-state index contributed by atoms with van der Waals surface area (Å²) in [6, 6.07) is 6.15. The van der Waals surface area contributed by atoms with E-state index >= 15 is 0 Å². The van der Waals surface area contributed by atoms with Crippen molar-refractivity contribution >= 4 is 11.6 Å². The number of piperidine rings is 1. The third-order valence-electron chi connectivity index (χ3n) is 3.85. The molecule has 5 nitrogen and oxygen atoms in total. The number of hydrogen-bond donors (Lipinski definition) is 1. The Morgan fingerprint density at radius 2 is 2.00 bits per heavy atom. The number of ether oxygens (including phenoxy) is 2. The van der Waals surface area contributed by atoms with Crippen molar-refractivity contribution in [2.45, 2.75) is 45.8 Å². The van der Waals surface area contributed by atoms with Crippen LogP contribution in [0.25, 0.3) is 0 Å². The number of anilines is 1. The highest BCUT2D eigenvalue weighted by Crippen LogP contribution is 2.31. The Balaban J connectivity index is 2.06. The van der Waals surface area contributed by atoms with Crippen LogP contribution in [0.2, 0.25) is 0 Å². The lowest BCUT2D eigenvalue weighted by Gasteiger charge is -2.32. The average molecular weight is 306 g/mol. The number of rotatable bonds is 5. The Morgan fingerprint density at radius 1 is 1.32 bits per heavy atom. The minimum absolute atomic E-state index is 0.119. The first-order chi connectivity index (χ1) is 10.5. The van der Waals surface area contributed by atoms with Crippen molar-refractivity contribution in [1.29, 1.82) is 0 Å². The molecule has 22 heavy (non-hydrogen) atoms. The number of carbonyl (C=O) groups excluding carboxylic acids is 1. The van der Waals surface area contributed by atoms with E-state index in [1.54, 1.807) is 14.0 Å². The van der Waals surface area contributed by atoms with Crippen molar-refractivity contribution in [1.82, 2.24) is 4.90 Å². The van der Waals surface area contributed by atoms with Crippen LogP contribution < -0.4 is 14.8 Å². The van der Waals surface area contributed by atoms with Crippen LogP contribution in [-0.4, -0.2) is 43.2 Å². The summed E-state index contributed by atoms with van der Waals surface area (Å²) in [6.45, 7) is 7.26. The molecule has 2 rings (SSSR count). The Bertz CT molecular complexity index is 509. The molecular formula is C17H26N2O3. The summed E-state index contributed by atoms with van der Waals surface area (Å²) >= 11 is 0. The molecule has 1 aromatic rings. The van der Waals surface area contributed by atoms with Crippen molar-refractivity contribution in [3.63, 3.8) is 0 Å². The predicted molar refractivity (Wildman–Crippen MR) is 87.7 cm³/mol. The van der Waals surface area contributed by atoms with Crippen LogP contribution in [0.4, 0.5) is 5.69 Å². The second-order valence-corrected chi connectivity index (χ2v) is 5.95. The fraction of sp³-hybridized carbons (Fsp3) is 0.588. The van der Waals surface area contributed by atoms with Crippen molar-refractivity contribution < 1.29 is 14.3 Å². The summed E-state index contributed by atoms with van der Waals surface area (Å²) in [5, 5.41) is 3.55. The van der Waals surface area contributed by atoms with E-state index in [4.69, 9.17) is 9.47 Å². The van der Waals surface area contributed by atoms with Gasteiger partial charge in [0.15, 0.2) is 0 Å². The van der Waals surface area contributed by atoms with Crippen LogP contribution >= 0.6 is 0 Å². The lowest BCUT2D eigenvalue weighted by Crippen LogP contribution is -2.41. The maximum absolute atomic E-state index is 11.4. The molecule has 5 heteroatoms. The highest BCUT2D eigenvalue weighted by molar-refractivity contribution is 5.73. The fourth-order valence-electron chi connectivity index (χ4n) is 2.66. The lowest BCUT2D eigenvalue weighted by atomic mass is 10.0. The summed E-state index contributed by atoms with van der Waals surface area (Å²) in [4.78, 5) is 13.3. The normalized spacial score (nSPS) is 15.8. The van der Waals surface area contributed by atoms with Gasteiger partial charge in [-0.1, -0.05) is 0 Å². The first-order valence-electron chi connectivity index (χ1n) is 7.86. The number of nitrogens with zero attached hydrogens (tertiary/aromatic N) is 1. The van der Waals surface area contributed by atoms with Crippen LogP contribution in [0.5, 0.6) is 11.5 Å². The van der Waals surface area contributed by atoms with Gasteiger partial charge in [0.25, 0.3) is 0 Å². The molecule has 1 aromatic carbocycles. The molecule has 0 unspecified atom stereocenters. The van der Waals surface area contributed by atoms with E-state index in [9.17, 15) is 4.79 Å². The van der Waals surface area contributed by atoms with E-state index in [2.05, 4.69) is 5.32 Å². The van der Waals surface area contributed by atoms with Gasteiger partial charge in [-0.25, -0.2) is 0 Å². The van der Waals surface area contributed by atoms with Gasteiger partial charge < -0.3 is 19.7 Å². The van der Waals surface area contributed by atoms with Crippen molar-refractivity contribution in [2.24, 2.45) is 0 Å². The number of nitrogens with one attached hydrogen (secondary N) is 1. The van der Waals surface area contributed by atoms with Crippen LogP contribution in [0.3, 0.4) is 0 Å². The zero-order chi connectivity index (χ0) is 16.1. The molecule has 1 amide bonds. The topological polar surface area (TPSA) is 50.8 Å². The maximum atomic E-state index is 11.4. The summed E-state index contributed by atoms with van der Waals surface area (Å²) in [5.74, 6) is 1.80. The first-order valence-corrected chi connectivity index (χ1v) is 7.86. The van der Waals surface area contributed by atoms with E-state index in [0.29, 0.717) is 6.04 Å². The third kappa shape index (κ3) is 4.29. The first kappa shape index (κ1) is 16.5. The molecule has 1 aliphatic rings. The highest BCUT2D eigenvalue weighted by atomic mass is 16.5. The summed E-state index contributed by atoms with van der Waals surface area (Å²) in [5.41, 5.74) is 0.953. The Labute approximate surface area is 132 Å². The Kier molecular flexibility index (Phi) is 5.52. The summed E-state index contributed by atoms with van der Waals surface area (Å²) in [6.07, 6.45) is 2.00. The van der Waals surface area contributed by atoms with Crippen molar-refractivity contribution in [2.75, 3.05) is 25.5 Å². The Hall–Kier alpha value is -1.91. The van der Waals surface area contributed by atoms with Gasteiger partial charge in [0, 0.05) is 32.1 Å². The standard InChI is InChI=1S/C17H26N2O3/c1-12(2)22-17-6-5-15(21-4)11-16(17)18-14-7-9-19(10-8-14)13(3)20/h5-6,11-12,14,18H,7-10H2,1-4H3. The number of carbonyl (C=O) groups is 1. The number of hydrogen-bond acceptors (Lipinski definition) is 4. The molecule has 0 atom stereocenters. The van der Waals surface area contributed by atoms with E-state index in [1.807, 2.05) is 36.9 Å². The van der Waals surface area contributed by atoms with Gasteiger partial charge in [0.2, 0.25) is 5.91 Å². The number of methoxy groups -OCH3 is 1. The Morgan fingerprint density at radius 3 is 2.55 bits per heavy atom. The predicted octanol–water partition coefficient (Wildman–Crippen LogP) is 2.91. The van der Waals surface area contributed by atoms with E-state index < -0.39 is 0 Å². The molecule has 1 heterocycles. The molecule has 1 saturated heterocycles. The highest BCUT2D eigenvalue weighted by Gasteiger charge is 2.21. The quantitative estimate of drug-likeness (QED) is 0.909. The minimum Gasteiger partial charge on any atom is -0.497 e. The van der Waals surface area contributed by atoms with Crippen molar-refractivity contribution in [3.8, 4) is 11.5 Å². The molecule has 0 aliphatic carbocycles. The van der Waals surface area contributed by atoms with Gasteiger partial charge in [0.05, 0.1) is 18.9 Å². The smallest absolute Gasteiger partial charge is 0.219 e. The van der Waals surface area contributed by atoms with Gasteiger partial charge in [-0.05, 0) is 38.8 Å². The molecule has 0 saturated carbocycles. The summed E-state index contributed by atoms with van der Waals surface area (Å²) in [7, 11) is 1.66. The molecule has 1 aliphatic heterocycles. The molecule has 1 fully saturated rings. The summed E-state index contributed by atoms with van der Waals surface area (Å²) < 4.78 is 11.2. The van der Waals surface area contributed by atoms with Crippen LogP contribution in [0, 0.1) is 0 Å². The largest absolute Gasteiger partial charge is 0.497 e. The van der Waals surface area contributed by atoms with Gasteiger partial charge >= 0.3 is 0 Å². The second kappa shape index (κ2) is 7.38. The second-order valence-electron chi connectivity index (χ2n) is 5.95. The number of amides is 1. The average Bonchev–Trinajstić information content (AvgIpc) is 2.49. The number of benzene rings is 1. The van der Waals surface area contributed by atoms with Crippen LogP contribution in [-0.2, 0) is 4.79 Å². The SMILES string of the molecule is COc1ccc(OC(C)C)c(NC2CCN(C(C)=O)CC2)c1. The van der Waals surface area contributed by atoms with Gasteiger partial charge in [-0.2, -0.15) is 0 Å². The van der Waals surface area contributed by atoms with Crippen molar-refractivity contribution in [3.05, 3.63) is 18.2 Å². The number of likely N-dealkylation sites (tertiary alicyclic amines) is 1. The minimum atomic E-state index is 0.119. The van der Waals surface area contributed by atoms with E-state index in [-0.39, 0.29) is 12.0 Å². The lowest BCUT2D eigenvalue weighted by molar-refractivity contribution is -0.129. The maximum Gasteiger partial charge on any atom is 0.219 e.